The molecule has 6 heteroatoms. The Labute approximate surface area is 148 Å². The summed E-state index contributed by atoms with van der Waals surface area (Å²) in [6.07, 6.45) is 0. The maximum atomic E-state index is 12.3. The molecule has 0 amide bonds. The van der Waals surface area contributed by atoms with Gasteiger partial charge in [-0.3, -0.25) is 0 Å². The molecule has 26 heavy (non-hydrogen) atoms. The van der Waals surface area contributed by atoms with Crippen LogP contribution in [0.15, 0.2) is 56.1 Å². The van der Waals surface area contributed by atoms with Crippen molar-refractivity contribution >= 4 is 21.9 Å². The minimum Gasteiger partial charge on any atom is -0.493 e. The normalized spacial score (nSPS) is 11.0. The molecule has 0 radical (unpaired) electrons. The first kappa shape index (κ1) is 16.1. The third kappa shape index (κ3) is 2.38. The summed E-state index contributed by atoms with van der Waals surface area (Å²) in [4.78, 5) is 12.3. The van der Waals surface area contributed by atoms with Crippen molar-refractivity contribution in [3.8, 4) is 28.6 Å². The van der Waals surface area contributed by atoms with E-state index in [2.05, 4.69) is 0 Å². The summed E-state index contributed by atoms with van der Waals surface area (Å²) in [6.45, 7) is 0. The van der Waals surface area contributed by atoms with Gasteiger partial charge in [-0.2, -0.15) is 0 Å². The highest BCUT2D eigenvalue weighted by molar-refractivity contribution is 6.02. The number of rotatable bonds is 4. The number of para-hydroxylation sites is 1. The molecular formula is C20H16O6. The molecule has 0 atom stereocenters. The zero-order valence-corrected chi connectivity index (χ0v) is 14.5. The first-order chi connectivity index (χ1) is 12.7. The molecular weight excluding hydrogens is 336 g/mol. The molecule has 0 bridgehead atoms. The monoisotopic (exact) mass is 352 g/mol. The van der Waals surface area contributed by atoms with E-state index in [9.17, 15) is 4.79 Å². The minimum atomic E-state index is -0.443. The molecule has 4 aromatic rings. The van der Waals surface area contributed by atoms with E-state index < -0.39 is 5.63 Å². The Morgan fingerprint density at radius 2 is 1.50 bits per heavy atom. The molecule has 132 valence electrons. The summed E-state index contributed by atoms with van der Waals surface area (Å²) in [6, 6.07) is 12.4. The smallest absolute Gasteiger partial charge is 0.347 e. The third-order valence-corrected chi connectivity index (χ3v) is 4.24. The standard InChI is InChI=1S/C20H16O6/c1-22-16-8-11(9-17(23-2)19(16)24-3)15-10-13-18(25-15)12-6-4-5-7-14(12)26-20(13)21/h4-10H,1-3H3. The second-order valence-corrected chi connectivity index (χ2v) is 5.65. The van der Waals surface area contributed by atoms with E-state index in [1.165, 1.54) is 0 Å². The van der Waals surface area contributed by atoms with Gasteiger partial charge in [0.25, 0.3) is 0 Å². The predicted molar refractivity (Wildman–Crippen MR) is 97.3 cm³/mol. The van der Waals surface area contributed by atoms with Gasteiger partial charge in [0, 0.05) is 5.56 Å². The molecule has 0 spiro atoms. The van der Waals surface area contributed by atoms with Crippen molar-refractivity contribution in [2.45, 2.75) is 0 Å². The van der Waals surface area contributed by atoms with Crippen LogP contribution in [0.4, 0.5) is 0 Å². The first-order valence-electron chi connectivity index (χ1n) is 7.92. The summed E-state index contributed by atoms with van der Waals surface area (Å²) in [5.74, 6) is 1.99. The number of hydrogen-bond acceptors (Lipinski definition) is 6. The van der Waals surface area contributed by atoms with Crippen LogP contribution in [0.1, 0.15) is 0 Å². The van der Waals surface area contributed by atoms with Gasteiger partial charge in [-0.1, -0.05) is 12.1 Å². The van der Waals surface area contributed by atoms with E-state index in [0.29, 0.717) is 45.1 Å². The number of benzene rings is 2. The van der Waals surface area contributed by atoms with Gasteiger partial charge in [-0.05, 0) is 30.3 Å². The molecule has 0 aliphatic rings. The lowest BCUT2D eigenvalue weighted by Crippen LogP contribution is -1.97. The second kappa shape index (κ2) is 6.15. The SMILES string of the molecule is COc1cc(-c2cc3c(=O)oc4ccccc4c3o2)cc(OC)c1OC. The summed E-state index contributed by atoms with van der Waals surface area (Å²) in [5, 5.41) is 1.12. The molecule has 0 aliphatic carbocycles. The average molecular weight is 352 g/mol. The zero-order chi connectivity index (χ0) is 18.3. The Bertz CT molecular complexity index is 1140. The van der Waals surface area contributed by atoms with Gasteiger partial charge in [-0.25, -0.2) is 4.79 Å². The lowest BCUT2D eigenvalue weighted by atomic mass is 10.1. The van der Waals surface area contributed by atoms with Gasteiger partial charge >= 0.3 is 5.63 Å². The Hall–Kier alpha value is -3.41. The van der Waals surface area contributed by atoms with E-state index in [1.807, 2.05) is 12.1 Å². The molecule has 0 N–H and O–H groups in total. The lowest BCUT2D eigenvalue weighted by Gasteiger charge is -2.13. The molecule has 2 aromatic heterocycles. The predicted octanol–water partition coefficient (Wildman–Crippen LogP) is 4.23. The Morgan fingerprint density at radius 3 is 2.15 bits per heavy atom. The van der Waals surface area contributed by atoms with E-state index in [0.717, 1.165) is 5.39 Å². The molecule has 4 rings (SSSR count). The van der Waals surface area contributed by atoms with E-state index in [1.54, 1.807) is 51.7 Å². The fraction of sp³-hybridized carbons (Fsp3) is 0.150. The minimum absolute atomic E-state index is 0.382. The largest absolute Gasteiger partial charge is 0.493 e. The van der Waals surface area contributed by atoms with Crippen LogP contribution in [0, 0.1) is 0 Å². The fourth-order valence-electron chi connectivity index (χ4n) is 3.01. The second-order valence-electron chi connectivity index (χ2n) is 5.65. The van der Waals surface area contributed by atoms with Crippen LogP contribution >= 0.6 is 0 Å². The zero-order valence-electron chi connectivity index (χ0n) is 14.5. The fourth-order valence-corrected chi connectivity index (χ4v) is 3.01. The number of methoxy groups -OCH3 is 3. The Balaban J connectivity index is 1.99. The third-order valence-electron chi connectivity index (χ3n) is 4.24. The number of hydrogen-bond donors (Lipinski definition) is 0. The molecule has 0 saturated carbocycles. The maximum Gasteiger partial charge on any atom is 0.347 e. The maximum absolute atomic E-state index is 12.3. The molecule has 0 fully saturated rings. The highest BCUT2D eigenvalue weighted by Gasteiger charge is 2.18. The van der Waals surface area contributed by atoms with Crippen LogP contribution in [0.2, 0.25) is 0 Å². The van der Waals surface area contributed by atoms with Crippen molar-refractivity contribution in [3.63, 3.8) is 0 Å². The van der Waals surface area contributed by atoms with Crippen LogP contribution in [0.25, 0.3) is 33.3 Å². The van der Waals surface area contributed by atoms with Crippen LogP contribution in [-0.2, 0) is 0 Å². The van der Waals surface area contributed by atoms with E-state index >= 15 is 0 Å². The summed E-state index contributed by atoms with van der Waals surface area (Å²) >= 11 is 0. The van der Waals surface area contributed by atoms with Crippen LogP contribution in [0.3, 0.4) is 0 Å². The van der Waals surface area contributed by atoms with Gasteiger partial charge < -0.3 is 23.0 Å². The van der Waals surface area contributed by atoms with Crippen LogP contribution in [0.5, 0.6) is 17.2 Å². The van der Waals surface area contributed by atoms with Gasteiger partial charge in [0.1, 0.15) is 16.7 Å². The van der Waals surface area contributed by atoms with Crippen molar-refractivity contribution in [1.82, 2.24) is 0 Å². The number of furan rings is 1. The van der Waals surface area contributed by atoms with E-state index in [4.69, 9.17) is 23.0 Å². The highest BCUT2D eigenvalue weighted by atomic mass is 16.5. The molecule has 2 heterocycles. The molecule has 2 aromatic carbocycles. The first-order valence-corrected chi connectivity index (χ1v) is 7.92. The van der Waals surface area contributed by atoms with Gasteiger partial charge in [-0.15, -0.1) is 0 Å². The quantitative estimate of drug-likeness (QED) is 0.512. The van der Waals surface area contributed by atoms with Crippen molar-refractivity contribution in [2.75, 3.05) is 21.3 Å². The van der Waals surface area contributed by atoms with Gasteiger partial charge in [0.2, 0.25) is 5.75 Å². The summed E-state index contributed by atoms with van der Waals surface area (Å²) < 4.78 is 27.5. The van der Waals surface area contributed by atoms with Crippen molar-refractivity contribution in [2.24, 2.45) is 0 Å². The number of ether oxygens (including phenoxy) is 3. The van der Waals surface area contributed by atoms with Crippen molar-refractivity contribution < 1.29 is 23.0 Å². The van der Waals surface area contributed by atoms with Crippen molar-refractivity contribution in [1.29, 1.82) is 0 Å². The van der Waals surface area contributed by atoms with E-state index in [-0.39, 0.29) is 0 Å². The van der Waals surface area contributed by atoms with Gasteiger partial charge in [0.15, 0.2) is 17.1 Å². The van der Waals surface area contributed by atoms with Crippen LogP contribution < -0.4 is 19.8 Å². The van der Waals surface area contributed by atoms with Crippen LogP contribution in [-0.4, -0.2) is 21.3 Å². The number of fused-ring (bicyclic) bond motifs is 3. The lowest BCUT2D eigenvalue weighted by molar-refractivity contribution is 0.324. The van der Waals surface area contributed by atoms with Gasteiger partial charge in [0.05, 0.1) is 26.7 Å². The molecule has 0 saturated heterocycles. The summed E-state index contributed by atoms with van der Waals surface area (Å²) in [5.41, 5.74) is 1.22. The molecule has 0 aliphatic heterocycles. The van der Waals surface area contributed by atoms with Crippen molar-refractivity contribution in [3.05, 3.63) is 52.9 Å². The Morgan fingerprint density at radius 1 is 0.808 bits per heavy atom. The topological polar surface area (TPSA) is 71.0 Å². The Kier molecular flexibility index (Phi) is 3.80. The average Bonchev–Trinajstić information content (AvgIpc) is 3.13. The molecule has 0 unspecified atom stereocenters. The molecule has 6 nitrogen and oxygen atoms in total. The highest BCUT2D eigenvalue weighted by Crippen LogP contribution is 2.42. The summed E-state index contributed by atoms with van der Waals surface area (Å²) in [7, 11) is 4.63.